The number of halogens is 1. The number of aliphatic hydroxyl groups is 1. The molecule has 0 aromatic carbocycles. The number of carbonyl (C=O) groups is 1. The van der Waals surface area contributed by atoms with Gasteiger partial charge in [-0.2, -0.15) is 0 Å². The molecule has 6 nitrogen and oxygen atoms in total. The number of hydrogen-bond donors (Lipinski definition) is 5. The first-order valence-corrected chi connectivity index (χ1v) is 5.89. The fraction of sp³-hybridized carbons (Fsp3) is 0.900. The molecular formula is C10H21BClNO5. The van der Waals surface area contributed by atoms with Crippen molar-refractivity contribution in [3.8, 4) is 0 Å². The van der Waals surface area contributed by atoms with E-state index in [0.717, 1.165) is 6.42 Å². The molecule has 0 radical (unpaired) electrons. The van der Waals surface area contributed by atoms with Gasteiger partial charge in [0.25, 0.3) is 0 Å². The number of aliphatic hydroxyl groups excluding tert-OH is 1. The lowest BCUT2D eigenvalue weighted by Gasteiger charge is -2.40. The van der Waals surface area contributed by atoms with Crippen LogP contribution in [0.4, 0.5) is 0 Å². The minimum absolute atomic E-state index is 0. The van der Waals surface area contributed by atoms with E-state index in [2.05, 4.69) is 0 Å². The van der Waals surface area contributed by atoms with Crippen LogP contribution >= 0.6 is 12.4 Å². The lowest BCUT2D eigenvalue weighted by Crippen LogP contribution is -2.58. The molecule has 6 N–H and O–H groups in total. The van der Waals surface area contributed by atoms with Crippen LogP contribution in [-0.2, 0) is 4.79 Å². The summed E-state index contributed by atoms with van der Waals surface area (Å²) in [6.45, 7) is -0.224. The Kier molecular flexibility index (Phi) is 7.17. The molecule has 0 amide bonds. The van der Waals surface area contributed by atoms with Crippen molar-refractivity contribution in [2.75, 3.05) is 6.61 Å². The Bertz CT molecular complexity index is 281. The Labute approximate surface area is 113 Å². The van der Waals surface area contributed by atoms with E-state index >= 15 is 0 Å². The Morgan fingerprint density at radius 2 is 2.00 bits per heavy atom. The summed E-state index contributed by atoms with van der Waals surface area (Å²) < 4.78 is 0. The molecule has 0 saturated heterocycles. The number of carboxylic acids is 1. The lowest BCUT2D eigenvalue weighted by atomic mass is 9.66. The Hall–Kier alpha value is -0.335. The molecule has 0 heterocycles. The van der Waals surface area contributed by atoms with Crippen LogP contribution in [0, 0.1) is 11.8 Å². The maximum absolute atomic E-state index is 11.2. The normalized spacial score (nSPS) is 31.6. The molecule has 106 valence electrons. The lowest BCUT2D eigenvalue weighted by molar-refractivity contribution is -0.149. The zero-order chi connectivity index (χ0) is 13.1. The molecule has 1 fully saturated rings. The fourth-order valence-electron chi connectivity index (χ4n) is 2.59. The van der Waals surface area contributed by atoms with Crippen LogP contribution < -0.4 is 5.73 Å². The van der Waals surface area contributed by atoms with Gasteiger partial charge in [0.1, 0.15) is 5.54 Å². The molecule has 3 unspecified atom stereocenters. The fourth-order valence-corrected chi connectivity index (χ4v) is 2.59. The monoisotopic (exact) mass is 281 g/mol. The van der Waals surface area contributed by atoms with E-state index in [1.54, 1.807) is 0 Å². The Morgan fingerprint density at radius 1 is 1.39 bits per heavy atom. The number of rotatable bonds is 5. The second-order valence-corrected chi connectivity index (χ2v) is 4.93. The molecule has 1 aliphatic carbocycles. The molecule has 0 aromatic heterocycles. The molecule has 0 aromatic rings. The van der Waals surface area contributed by atoms with Crippen LogP contribution in [0.2, 0.25) is 6.32 Å². The summed E-state index contributed by atoms with van der Waals surface area (Å²) >= 11 is 0. The van der Waals surface area contributed by atoms with Gasteiger partial charge in [-0.1, -0.05) is 6.42 Å². The van der Waals surface area contributed by atoms with Gasteiger partial charge in [0.15, 0.2) is 0 Å². The molecule has 0 spiro atoms. The average Bonchev–Trinajstić information content (AvgIpc) is 2.26. The van der Waals surface area contributed by atoms with Gasteiger partial charge in [0.2, 0.25) is 0 Å². The second kappa shape index (κ2) is 7.30. The summed E-state index contributed by atoms with van der Waals surface area (Å²) in [5, 5.41) is 35.9. The SMILES string of the molecule is Cl.NC1(C(=O)O)CC(CCB(O)O)CCC1CO. The third-order valence-corrected chi connectivity index (χ3v) is 3.73. The smallest absolute Gasteiger partial charge is 0.451 e. The van der Waals surface area contributed by atoms with Gasteiger partial charge in [-0.15, -0.1) is 12.4 Å². The number of carboxylic acid groups (broad SMARTS) is 1. The van der Waals surface area contributed by atoms with Gasteiger partial charge < -0.3 is 26.0 Å². The highest BCUT2D eigenvalue weighted by atomic mass is 35.5. The molecule has 1 rings (SSSR count). The van der Waals surface area contributed by atoms with Gasteiger partial charge in [0, 0.05) is 12.5 Å². The minimum Gasteiger partial charge on any atom is -0.480 e. The van der Waals surface area contributed by atoms with Crippen LogP contribution in [0.1, 0.15) is 25.7 Å². The first-order chi connectivity index (χ1) is 7.90. The van der Waals surface area contributed by atoms with Crippen LogP contribution in [-0.4, -0.2) is 45.5 Å². The minimum atomic E-state index is -1.39. The van der Waals surface area contributed by atoms with E-state index in [9.17, 15) is 4.79 Å². The van der Waals surface area contributed by atoms with Crippen LogP contribution in [0.3, 0.4) is 0 Å². The van der Waals surface area contributed by atoms with Gasteiger partial charge >= 0.3 is 13.1 Å². The summed E-state index contributed by atoms with van der Waals surface area (Å²) in [5.74, 6) is -1.44. The maximum Gasteiger partial charge on any atom is 0.451 e. The van der Waals surface area contributed by atoms with E-state index in [-0.39, 0.29) is 37.7 Å². The van der Waals surface area contributed by atoms with Crippen molar-refractivity contribution >= 4 is 25.5 Å². The zero-order valence-electron chi connectivity index (χ0n) is 10.2. The molecule has 18 heavy (non-hydrogen) atoms. The molecule has 8 heteroatoms. The predicted molar refractivity (Wildman–Crippen MR) is 69.3 cm³/mol. The molecule has 0 bridgehead atoms. The third kappa shape index (κ3) is 4.10. The molecule has 3 atom stereocenters. The topological polar surface area (TPSA) is 124 Å². The van der Waals surface area contributed by atoms with Gasteiger partial charge in [-0.05, 0) is 31.5 Å². The predicted octanol–water partition coefficient (Wildman–Crippen LogP) is -0.538. The van der Waals surface area contributed by atoms with Crippen molar-refractivity contribution in [2.45, 2.75) is 37.5 Å². The zero-order valence-corrected chi connectivity index (χ0v) is 11.0. The average molecular weight is 282 g/mol. The van der Waals surface area contributed by atoms with E-state index in [4.69, 9.17) is 26.0 Å². The van der Waals surface area contributed by atoms with Gasteiger partial charge in [0.05, 0.1) is 0 Å². The number of nitrogens with two attached hydrogens (primary N) is 1. The van der Waals surface area contributed by atoms with E-state index < -0.39 is 24.5 Å². The number of aliphatic carboxylic acids is 1. The summed E-state index contributed by atoms with van der Waals surface area (Å²) in [4.78, 5) is 11.2. The summed E-state index contributed by atoms with van der Waals surface area (Å²) in [5.41, 5.74) is 4.48. The largest absolute Gasteiger partial charge is 0.480 e. The van der Waals surface area contributed by atoms with Crippen LogP contribution in [0.15, 0.2) is 0 Å². The van der Waals surface area contributed by atoms with Crippen molar-refractivity contribution in [1.29, 1.82) is 0 Å². The van der Waals surface area contributed by atoms with Crippen molar-refractivity contribution < 1.29 is 25.1 Å². The summed E-state index contributed by atoms with van der Waals surface area (Å²) in [6, 6.07) is 0. The van der Waals surface area contributed by atoms with Crippen molar-refractivity contribution in [3.63, 3.8) is 0 Å². The summed E-state index contributed by atoms with van der Waals surface area (Å²) in [7, 11) is -1.36. The van der Waals surface area contributed by atoms with E-state index in [1.165, 1.54) is 0 Å². The Morgan fingerprint density at radius 3 is 2.44 bits per heavy atom. The molecular weight excluding hydrogens is 260 g/mol. The standard InChI is InChI=1S/C10H20BNO5.ClH/c12-10(9(14)15)5-7(3-4-11(16)17)1-2-8(10)6-13;/h7-8,13,16-17H,1-6,12H2,(H,14,15);1H. The van der Waals surface area contributed by atoms with Crippen molar-refractivity contribution in [3.05, 3.63) is 0 Å². The quantitative estimate of drug-likeness (QED) is 0.431. The first-order valence-electron chi connectivity index (χ1n) is 5.89. The summed E-state index contributed by atoms with van der Waals surface area (Å²) in [6.07, 6.45) is 2.38. The van der Waals surface area contributed by atoms with Gasteiger partial charge in [-0.25, -0.2) is 0 Å². The van der Waals surface area contributed by atoms with E-state index in [0.29, 0.717) is 12.8 Å². The number of hydrogen-bond acceptors (Lipinski definition) is 5. The second-order valence-electron chi connectivity index (χ2n) is 4.93. The van der Waals surface area contributed by atoms with Crippen molar-refractivity contribution in [1.82, 2.24) is 0 Å². The van der Waals surface area contributed by atoms with Crippen LogP contribution in [0.5, 0.6) is 0 Å². The molecule has 1 aliphatic rings. The van der Waals surface area contributed by atoms with Crippen LogP contribution in [0.25, 0.3) is 0 Å². The highest BCUT2D eigenvalue weighted by molar-refractivity contribution is 6.40. The highest BCUT2D eigenvalue weighted by Gasteiger charge is 2.46. The van der Waals surface area contributed by atoms with Gasteiger partial charge in [-0.3, -0.25) is 4.79 Å². The van der Waals surface area contributed by atoms with Crippen molar-refractivity contribution in [2.24, 2.45) is 17.6 Å². The third-order valence-electron chi connectivity index (χ3n) is 3.73. The maximum atomic E-state index is 11.2. The Balaban J connectivity index is 0.00000289. The molecule has 0 aliphatic heterocycles. The highest BCUT2D eigenvalue weighted by Crippen LogP contribution is 2.37. The van der Waals surface area contributed by atoms with E-state index in [1.807, 2.05) is 0 Å². The molecule has 1 saturated carbocycles. The first kappa shape index (κ1) is 17.7.